The Kier molecular flexibility index (Phi) is 5.11. The number of pyridine rings is 1. The number of amides is 1. The van der Waals surface area contributed by atoms with Gasteiger partial charge in [-0.15, -0.1) is 0 Å². The molecule has 7 heteroatoms. The molecule has 1 unspecified atom stereocenters. The number of halogens is 1. The molecule has 2 aliphatic heterocycles. The molecule has 5 rings (SSSR count). The molecule has 0 spiro atoms. The van der Waals surface area contributed by atoms with Gasteiger partial charge in [0.05, 0.1) is 30.5 Å². The van der Waals surface area contributed by atoms with Crippen molar-refractivity contribution >= 4 is 40.4 Å². The zero-order valence-corrected chi connectivity index (χ0v) is 17.1. The maximum atomic E-state index is 11.9. The molecule has 1 atom stereocenters. The normalized spacial score (nSPS) is 19.2. The molecule has 30 heavy (non-hydrogen) atoms. The van der Waals surface area contributed by atoms with Crippen LogP contribution in [0.25, 0.3) is 10.9 Å². The minimum Gasteiger partial charge on any atom is -0.378 e. The number of para-hydroxylation sites is 1. The third kappa shape index (κ3) is 3.53. The molecular weight excluding hydrogens is 400 g/mol. The Bertz CT molecular complexity index is 1110. The van der Waals surface area contributed by atoms with E-state index in [9.17, 15) is 4.79 Å². The van der Waals surface area contributed by atoms with Gasteiger partial charge in [0.1, 0.15) is 5.82 Å². The van der Waals surface area contributed by atoms with Crippen molar-refractivity contribution in [1.82, 2.24) is 9.99 Å². The molecule has 152 valence electrons. The van der Waals surface area contributed by atoms with Gasteiger partial charge in [0.15, 0.2) is 0 Å². The van der Waals surface area contributed by atoms with E-state index in [1.807, 2.05) is 42.5 Å². The van der Waals surface area contributed by atoms with Crippen LogP contribution in [0.2, 0.25) is 5.02 Å². The summed E-state index contributed by atoms with van der Waals surface area (Å²) in [4.78, 5) is 19.1. The zero-order chi connectivity index (χ0) is 20.5. The van der Waals surface area contributed by atoms with Gasteiger partial charge in [-0.2, -0.15) is 5.10 Å². The molecule has 1 fully saturated rings. The van der Waals surface area contributed by atoms with Crippen molar-refractivity contribution in [2.75, 3.05) is 31.2 Å². The molecule has 6 nitrogen and oxygen atoms in total. The van der Waals surface area contributed by atoms with Crippen LogP contribution in [0.5, 0.6) is 0 Å². The highest BCUT2D eigenvalue weighted by atomic mass is 35.5. The second-order valence-electron chi connectivity index (χ2n) is 7.45. The first-order valence-corrected chi connectivity index (χ1v) is 10.4. The summed E-state index contributed by atoms with van der Waals surface area (Å²) in [5.74, 6) is 0.904. The van der Waals surface area contributed by atoms with E-state index in [0.29, 0.717) is 24.7 Å². The molecule has 2 aliphatic rings. The molecule has 2 aromatic carbocycles. The van der Waals surface area contributed by atoms with Gasteiger partial charge < -0.3 is 9.64 Å². The molecule has 0 N–H and O–H groups in total. The zero-order valence-electron chi connectivity index (χ0n) is 16.4. The summed E-state index contributed by atoms with van der Waals surface area (Å²) in [6, 6.07) is 17.6. The van der Waals surface area contributed by atoms with E-state index in [-0.39, 0.29) is 6.04 Å². The fourth-order valence-corrected chi connectivity index (χ4v) is 4.22. The topological polar surface area (TPSA) is 58.0 Å². The van der Waals surface area contributed by atoms with Crippen LogP contribution in [0.3, 0.4) is 0 Å². The van der Waals surface area contributed by atoms with Crippen LogP contribution in [0, 0.1) is 0 Å². The van der Waals surface area contributed by atoms with E-state index in [1.165, 1.54) is 5.01 Å². The van der Waals surface area contributed by atoms with Crippen molar-refractivity contribution in [3.8, 4) is 0 Å². The smallest absolute Gasteiger partial charge is 0.230 e. The fourth-order valence-electron chi connectivity index (χ4n) is 4.09. The molecule has 1 aromatic heterocycles. The SMILES string of the molecule is O=CN1N=C(c2ccc(Cl)cc2)CC1c1cc2ccccc2nc1N1CCOCC1. The first-order chi connectivity index (χ1) is 14.7. The number of benzene rings is 2. The standard InChI is InChI=1S/C23H21ClN4O2/c24-18-7-5-16(6-8-18)21-14-22(28(15-29)26-21)19-13-17-3-1-2-4-20(17)25-23(19)27-9-11-30-12-10-27/h1-8,13,15,22H,9-12,14H2. The average Bonchev–Trinajstić information content (AvgIpc) is 3.23. The number of hydrogen-bond donors (Lipinski definition) is 0. The van der Waals surface area contributed by atoms with E-state index in [0.717, 1.165) is 53.1 Å². The summed E-state index contributed by atoms with van der Waals surface area (Å²) < 4.78 is 5.53. The van der Waals surface area contributed by atoms with E-state index in [4.69, 9.17) is 21.3 Å². The molecule has 1 amide bonds. The van der Waals surface area contributed by atoms with Gasteiger partial charge in [0, 0.05) is 35.5 Å². The van der Waals surface area contributed by atoms with Crippen LogP contribution in [0.4, 0.5) is 5.82 Å². The number of ether oxygens (including phenoxy) is 1. The van der Waals surface area contributed by atoms with Crippen molar-refractivity contribution in [3.63, 3.8) is 0 Å². The number of carbonyl (C=O) groups excluding carboxylic acids is 1. The van der Waals surface area contributed by atoms with Crippen LogP contribution < -0.4 is 4.90 Å². The number of hydrogen-bond acceptors (Lipinski definition) is 5. The Hall–Kier alpha value is -2.96. The lowest BCUT2D eigenvalue weighted by Gasteiger charge is -2.31. The quantitative estimate of drug-likeness (QED) is 0.598. The van der Waals surface area contributed by atoms with Gasteiger partial charge in [0.25, 0.3) is 0 Å². The van der Waals surface area contributed by atoms with E-state index < -0.39 is 0 Å². The molecule has 0 aliphatic carbocycles. The number of anilines is 1. The summed E-state index contributed by atoms with van der Waals surface area (Å²) >= 11 is 6.03. The second kappa shape index (κ2) is 8.05. The average molecular weight is 421 g/mol. The van der Waals surface area contributed by atoms with Crippen LogP contribution >= 0.6 is 11.6 Å². The summed E-state index contributed by atoms with van der Waals surface area (Å²) in [6.45, 7) is 2.89. The fraction of sp³-hybridized carbons (Fsp3) is 0.261. The van der Waals surface area contributed by atoms with Gasteiger partial charge in [-0.3, -0.25) is 4.79 Å². The first-order valence-electron chi connectivity index (χ1n) is 10.0. The number of hydrazone groups is 1. The lowest BCUT2D eigenvalue weighted by Crippen LogP contribution is -2.38. The highest BCUT2D eigenvalue weighted by Crippen LogP contribution is 2.38. The Morgan fingerprint density at radius 3 is 2.60 bits per heavy atom. The first kappa shape index (κ1) is 19.0. The predicted molar refractivity (Wildman–Crippen MR) is 118 cm³/mol. The van der Waals surface area contributed by atoms with Crippen LogP contribution in [0.1, 0.15) is 23.6 Å². The molecule has 0 radical (unpaired) electrons. The van der Waals surface area contributed by atoms with Gasteiger partial charge in [-0.25, -0.2) is 9.99 Å². The number of nitrogens with zero attached hydrogens (tertiary/aromatic N) is 4. The number of morpholine rings is 1. The molecule has 1 saturated heterocycles. The van der Waals surface area contributed by atoms with Crippen molar-refractivity contribution in [3.05, 3.63) is 70.7 Å². The van der Waals surface area contributed by atoms with E-state index >= 15 is 0 Å². The van der Waals surface area contributed by atoms with Crippen molar-refractivity contribution in [2.24, 2.45) is 5.10 Å². The largest absolute Gasteiger partial charge is 0.378 e. The van der Waals surface area contributed by atoms with Crippen LogP contribution in [-0.4, -0.2) is 48.4 Å². The molecular formula is C23H21ClN4O2. The summed E-state index contributed by atoms with van der Waals surface area (Å²) in [5, 5.41) is 7.84. The molecule has 0 saturated carbocycles. The Morgan fingerprint density at radius 1 is 1.07 bits per heavy atom. The summed E-state index contributed by atoms with van der Waals surface area (Å²) in [5.41, 5.74) is 3.79. The number of carbonyl (C=O) groups is 1. The van der Waals surface area contributed by atoms with E-state index in [2.05, 4.69) is 22.1 Å². The van der Waals surface area contributed by atoms with Crippen molar-refractivity contribution in [2.45, 2.75) is 12.5 Å². The van der Waals surface area contributed by atoms with Crippen LogP contribution in [-0.2, 0) is 9.53 Å². The van der Waals surface area contributed by atoms with Crippen LogP contribution in [0.15, 0.2) is 59.7 Å². The number of fused-ring (bicyclic) bond motifs is 1. The third-order valence-electron chi connectivity index (χ3n) is 5.63. The Morgan fingerprint density at radius 2 is 1.83 bits per heavy atom. The number of rotatable bonds is 4. The van der Waals surface area contributed by atoms with Gasteiger partial charge in [-0.1, -0.05) is 41.9 Å². The maximum Gasteiger partial charge on any atom is 0.230 e. The summed E-state index contributed by atoms with van der Waals surface area (Å²) in [6.07, 6.45) is 1.42. The van der Waals surface area contributed by atoms with Gasteiger partial charge >= 0.3 is 0 Å². The third-order valence-corrected chi connectivity index (χ3v) is 5.88. The molecule has 3 heterocycles. The lowest BCUT2D eigenvalue weighted by atomic mass is 9.97. The Labute approximate surface area is 179 Å². The van der Waals surface area contributed by atoms with Gasteiger partial charge in [0.2, 0.25) is 6.41 Å². The monoisotopic (exact) mass is 420 g/mol. The molecule has 0 bridgehead atoms. The Balaban J connectivity index is 1.57. The second-order valence-corrected chi connectivity index (χ2v) is 7.89. The summed E-state index contributed by atoms with van der Waals surface area (Å²) in [7, 11) is 0. The highest BCUT2D eigenvalue weighted by Gasteiger charge is 2.32. The minimum absolute atomic E-state index is 0.205. The minimum atomic E-state index is -0.205. The lowest BCUT2D eigenvalue weighted by molar-refractivity contribution is -0.119. The van der Waals surface area contributed by atoms with Gasteiger partial charge in [-0.05, 0) is 29.8 Å². The molecule has 3 aromatic rings. The predicted octanol–water partition coefficient (Wildman–Crippen LogP) is 4.03. The van der Waals surface area contributed by atoms with Crippen molar-refractivity contribution in [1.29, 1.82) is 0 Å². The maximum absolute atomic E-state index is 11.9. The van der Waals surface area contributed by atoms with Crippen molar-refractivity contribution < 1.29 is 9.53 Å². The highest BCUT2D eigenvalue weighted by molar-refractivity contribution is 6.30. The van der Waals surface area contributed by atoms with E-state index in [1.54, 1.807) is 0 Å². The number of aromatic nitrogens is 1.